The third-order valence-electron chi connectivity index (χ3n) is 9.87. The number of urea groups is 1. The lowest BCUT2D eigenvalue weighted by molar-refractivity contribution is -0.145. The van der Waals surface area contributed by atoms with Gasteiger partial charge in [-0.25, -0.2) is 13.2 Å². The van der Waals surface area contributed by atoms with Crippen molar-refractivity contribution >= 4 is 39.4 Å². The monoisotopic (exact) mass is 673 g/mol. The highest BCUT2D eigenvalue weighted by Gasteiger charge is 2.70. The molecule has 13 heteroatoms. The summed E-state index contributed by atoms with van der Waals surface area (Å²) in [5.41, 5.74) is -1.96. The van der Waals surface area contributed by atoms with E-state index < -0.39 is 68.5 Å². The summed E-state index contributed by atoms with van der Waals surface area (Å²) in [6, 6.07) is -3.85. The van der Waals surface area contributed by atoms with Crippen LogP contribution in [0.1, 0.15) is 86.0 Å². The molecule has 3 rings (SSSR count). The van der Waals surface area contributed by atoms with E-state index in [4.69, 9.17) is 12.8 Å². The van der Waals surface area contributed by atoms with Gasteiger partial charge in [0.25, 0.3) is 5.91 Å². The molecule has 12 nitrogen and oxygen atoms in total. The SMILES string of the molecule is C#CCCNC(=O)C(=O)C(CCC#C)NC(=O)C1[C@H]2[C@@H](CN1C(=O)[C@@H](NC(=O)NC1(CS(C)(=O)=O)CCCCC1)C(C)(C)C)C2(C)C. The number of amides is 5. The molecule has 47 heavy (non-hydrogen) atoms. The molecule has 0 bridgehead atoms. The lowest BCUT2D eigenvalue weighted by atomic mass is 9.83. The summed E-state index contributed by atoms with van der Waals surface area (Å²) < 4.78 is 24.6. The van der Waals surface area contributed by atoms with Gasteiger partial charge < -0.3 is 26.2 Å². The van der Waals surface area contributed by atoms with E-state index in [2.05, 4.69) is 33.1 Å². The fourth-order valence-electron chi connectivity index (χ4n) is 7.32. The summed E-state index contributed by atoms with van der Waals surface area (Å²) in [5, 5.41) is 10.9. The second-order valence-corrected chi connectivity index (χ2v) is 17.2. The lowest BCUT2D eigenvalue weighted by Crippen LogP contribution is -2.63. The number of piperidine rings is 1. The van der Waals surface area contributed by atoms with Gasteiger partial charge in [0.05, 0.1) is 17.3 Å². The molecule has 5 atom stereocenters. The van der Waals surface area contributed by atoms with Crippen molar-refractivity contribution in [3.8, 4) is 24.7 Å². The molecule has 2 unspecified atom stereocenters. The standard InChI is InChI=1S/C34H51N5O7S/c1-9-11-16-23(26(40)29(42)35-19-12-10-2)36-28(41)25-24-22(33(24,6)7)20-39(25)30(43)27(32(3,4)5)37-31(44)38-34(21-47(8,45)46)17-14-13-15-18-34/h1-2,22-25,27H,11-21H2,3-8H3,(H,35,42)(H,36,41)(H2,37,38,44)/t22-,23?,24-,25?,27-/m1/s1. The predicted octanol–water partition coefficient (Wildman–Crippen LogP) is 1.54. The van der Waals surface area contributed by atoms with Crippen molar-refractivity contribution in [1.29, 1.82) is 0 Å². The van der Waals surface area contributed by atoms with Crippen molar-refractivity contribution in [3.05, 3.63) is 0 Å². The number of sulfone groups is 1. The first-order chi connectivity index (χ1) is 21.8. The third-order valence-corrected chi connectivity index (χ3v) is 10.9. The van der Waals surface area contributed by atoms with Crippen LogP contribution >= 0.6 is 0 Å². The molecule has 260 valence electrons. The third kappa shape index (κ3) is 9.28. The highest BCUT2D eigenvalue weighted by atomic mass is 32.2. The summed E-state index contributed by atoms with van der Waals surface area (Å²) in [5.74, 6) is 1.64. The Morgan fingerprint density at radius 1 is 0.979 bits per heavy atom. The fourth-order valence-corrected chi connectivity index (χ4v) is 8.68. The van der Waals surface area contributed by atoms with Gasteiger partial charge in [0, 0.05) is 32.2 Å². The number of Topliss-reactive ketones (excluding diaryl/α,β-unsaturated/α-hetero) is 1. The minimum atomic E-state index is -3.41. The van der Waals surface area contributed by atoms with Crippen LogP contribution in [0.3, 0.4) is 0 Å². The Labute approximate surface area is 279 Å². The molecule has 1 saturated heterocycles. The summed E-state index contributed by atoms with van der Waals surface area (Å²) >= 11 is 0. The second-order valence-electron chi connectivity index (χ2n) is 15.1. The number of rotatable bonds is 13. The fraction of sp³-hybridized carbons (Fsp3) is 0.735. The van der Waals surface area contributed by atoms with E-state index in [1.807, 2.05) is 13.8 Å². The number of terminal acetylenes is 2. The molecule has 3 fully saturated rings. The Balaban J connectivity index is 1.84. The quantitative estimate of drug-likeness (QED) is 0.131. The maximum absolute atomic E-state index is 14.3. The van der Waals surface area contributed by atoms with Crippen LogP contribution in [0.2, 0.25) is 0 Å². The van der Waals surface area contributed by atoms with Crippen molar-refractivity contribution < 1.29 is 32.4 Å². The first-order valence-corrected chi connectivity index (χ1v) is 18.4. The number of fused-ring (bicyclic) bond motifs is 1. The molecule has 2 aliphatic carbocycles. The topological polar surface area (TPSA) is 171 Å². The maximum Gasteiger partial charge on any atom is 0.315 e. The predicted molar refractivity (Wildman–Crippen MR) is 178 cm³/mol. The zero-order valence-electron chi connectivity index (χ0n) is 28.5. The van der Waals surface area contributed by atoms with Gasteiger partial charge in [0.2, 0.25) is 17.6 Å². The van der Waals surface area contributed by atoms with Crippen LogP contribution in [0.5, 0.6) is 0 Å². The average Bonchev–Trinajstić information content (AvgIpc) is 3.27. The second kappa shape index (κ2) is 14.7. The van der Waals surface area contributed by atoms with Crippen LogP contribution in [-0.2, 0) is 29.0 Å². The van der Waals surface area contributed by atoms with Crippen LogP contribution in [0, 0.1) is 47.4 Å². The van der Waals surface area contributed by atoms with Gasteiger partial charge in [-0.1, -0.05) is 53.9 Å². The lowest BCUT2D eigenvalue weighted by Gasteiger charge is -2.40. The van der Waals surface area contributed by atoms with Crippen molar-refractivity contribution in [2.24, 2.45) is 22.7 Å². The zero-order chi connectivity index (χ0) is 35.4. The number of hydrogen-bond acceptors (Lipinski definition) is 7. The van der Waals surface area contributed by atoms with Crippen LogP contribution in [0.15, 0.2) is 0 Å². The Kier molecular flexibility index (Phi) is 11.8. The van der Waals surface area contributed by atoms with E-state index in [1.165, 1.54) is 4.90 Å². The maximum atomic E-state index is 14.3. The summed E-state index contributed by atoms with van der Waals surface area (Å²) in [6.45, 7) is 9.80. The Hall–Kier alpha value is -3.58. The highest BCUT2D eigenvalue weighted by Crippen LogP contribution is 2.65. The molecule has 0 radical (unpaired) electrons. The minimum Gasteiger partial charge on any atom is -0.348 e. The molecule has 0 aromatic carbocycles. The van der Waals surface area contributed by atoms with Gasteiger partial charge in [-0.15, -0.1) is 24.7 Å². The molecule has 3 aliphatic rings. The molecule has 0 spiro atoms. The van der Waals surface area contributed by atoms with E-state index in [0.717, 1.165) is 25.5 Å². The number of likely N-dealkylation sites (tertiary alicyclic amines) is 1. The van der Waals surface area contributed by atoms with Gasteiger partial charge in [-0.2, -0.15) is 0 Å². The number of carbonyl (C=O) groups excluding carboxylic acids is 5. The van der Waals surface area contributed by atoms with Crippen LogP contribution in [-0.4, -0.2) is 91.6 Å². The van der Waals surface area contributed by atoms with Crippen molar-refractivity contribution in [2.75, 3.05) is 25.1 Å². The summed E-state index contributed by atoms with van der Waals surface area (Å²) in [6.07, 6.45) is 15.7. The van der Waals surface area contributed by atoms with Gasteiger partial charge in [-0.05, 0) is 41.9 Å². The van der Waals surface area contributed by atoms with Crippen LogP contribution in [0.25, 0.3) is 0 Å². The van der Waals surface area contributed by atoms with Gasteiger partial charge in [0.1, 0.15) is 21.9 Å². The number of hydrogen-bond donors (Lipinski definition) is 4. The van der Waals surface area contributed by atoms with Crippen molar-refractivity contribution in [1.82, 2.24) is 26.2 Å². The molecule has 5 amide bonds. The van der Waals surface area contributed by atoms with Crippen LogP contribution in [0.4, 0.5) is 4.79 Å². The van der Waals surface area contributed by atoms with Gasteiger partial charge in [-0.3, -0.25) is 19.2 Å². The molecular formula is C34H51N5O7S. The number of carbonyl (C=O) groups is 5. The Morgan fingerprint density at radius 2 is 1.60 bits per heavy atom. The van der Waals surface area contributed by atoms with Gasteiger partial charge in [0.15, 0.2) is 0 Å². The Bertz CT molecular complexity index is 1430. The number of nitrogens with one attached hydrogen (secondary N) is 4. The van der Waals surface area contributed by atoms with E-state index in [9.17, 15) is 32.4 Å². The molecule has 2 saturated carbocycles. The average molecular weight is 674 g/mol. The largest absolute Gasteiger partial charge is 0.348 e. The van der Waals surface area contributed by atoms with Gasteiger partial charge >= 0.3 is 6.03 Å². The molecule has 0 aromatic rings. The molecular weight excluding hydrogens is 622 g/mol. The van der Waals surface area contributed by atoms with Crippen molar-refractivity contribution in [2.45, 2.75) is 110 Å². The van der Waals surface area contributed by atoms with Crippen LogP contribution < -0.4 is 21.3 Å². The first-order valence-electron chi connectivity index (χ1n) is 16.3. The highest BCUT2D eigenvalue weighted by molar-refractivity contribution is 7.90. The zero-order valence-corrected chi connectivity index (χ0v) is 29.3. The van der Waals surface area contributed by atoms with E-state index in [-0.39, 0.29) is 55.4 Å². The minimum absolute atomic E-state index is 0.0174. The van der Waals surface area contributed by atoms with E-state index >= 15 is 0 Å². The smallest absolute Gasteiger partial charge is 0.315 e. The Morgan fingerprint density at radius 3 is 2.15 bits per heavy atom. The molecule has 0 aromatic heterocycles. The van der Waals surface area contributed by atoms with E-state index in [1.54, 1.807) is 20.8 Å². The van der Waals surface area contributed by atoms with E-state index in [0.29, 0.717) is 12.8 Å². The first kappa shape index (κ1) is 37.9. The summed E-state index contributed by atoms with van der Waals surface area (Å²) in [4.78, 5) is 68.8. The molecule has 1 heterocycles. The summed E-state index contributed by atoms with van der Waals surface area (Å²) in [7, 11) is -3.41. The van der Waals surface area contributed by atoms with Crippen molar-refractivity contribution in [3.63, 3.8) is 0 Å². The number of nitrogens with zero attached hydrogens (tertiary/aromatic N) is 1. The number of ketones is 1. The molecule has 4 N–H and O–H groups in total. The normalized spacial score (nSPS) is 23.9. The molecule has 1 aliphatic heterocycles.